The summed E-state index contributed by atoms with van der Waals surface area (Å²) >= 11 is 5.95. The van der Waals surface area contributed by atoms with Gasteiger partial charge in [-0.1, -0.05) is 17.7 Å². The minimum atomic E-state index is -0.686. The molecule has 1 aromatic heterocycles. The van der Waals surface area contributed by atoms with Crippen molar-refractivity contribution in [3.8, 4) is 0 Å². The van der Waals surface area contributed by atoms with Crippen LogP contribution < -0.4 is 10.7 Å². The van der Waals surface area contributed by atoms with Crippen molar-refractivity contribution >= 4 is 40.1 Å². The second-order valence-electron chi connectivity index (χ2n) is 5.49. The topological polar surface area (TPSA) is 90.3 Å². The molecule has 1 heterocycles. The van der Waals surface area contributed by atoms with E-state index in [2.05, 4.69) is 15.2 Å². The predicted molar refractivity (Wildman–Crippen MR) is 97.7 cm³/mol. The van der Waals surface area contributed by atoms with Crippen molar-refractivity contribution in [1.82, 2.24) is 9.78 Å². The van der Waals surface area contributed by atoms with Crippen LogP contribution in [0.15, 0.2) is 47.3 Å². The van der Waals surface area contributed by atoms with Crippen LogP contribution >= 0.6 is 11.6 Å². The third-order valence-corrected chi connectivity index (χ3v) is 4.01. The van der Waals surface area contributed by atoms with Crippen molar-refractivity contribution in [1.29, 1.82) is 0 Å². The van der Waals surface area contributed by atoms with E-state index in [0.717, 1.165) is 0 Å². The summed E-state index contributed by atoms with van der Waals surface area (Å²) in [5.74, 6) is -1.22. The standard InChI is InChI=1S/C18H14ClN3O4/c1-22-14-7-6-11(19)9-13(14)16(23)15(21-22)17(24)20-12-5-3-4-10(8-12)18(25)26-2/h3-9H,1-2H3,(H,20,24). The molecule has 0 unspecified atom stereocenters. The van der Waals surface area contributed by atoms with Crippen LogP contribution in [0.4, 0.5) is 5.69 Å². The molecule has 132 valence electrons. The smallest absolute Gasteiger partial charge is 0.337 e. The van der Waals surface area contributed by atoms with Gasteiger partial charge in [-0.15, -0.1) is 0 Å². The number of ether oxygens (including phenoxy) is 1. The van der Waals surface area contributed by atoms with Gasteiger partial charge in [0.05, 0.1) is 23.6 Å². The van der Waals surface area contributed by atoms with Crippen LogP contribution in [0.25, 0.3) is 10.9 Å². The number of carbonyl (C=O) groups excluding carboxylic acids is 2. The van der Waals surface area contributed by atoms with Gasteiger partial charge in [0.15, 0.2) is 5.69 Å². The summed E-state index contributed by atoms with van der Waals surface area (Å²) < 4.78 is 6.08. The highest BCUT2D eigenvalue weighted by Gasteiger charge is 2.17. The normalized spacial score (nSPS) is 10.6. The molecular formula is C18H14ClN3O4. The minimum absolute atomic E-state index is 0.272. The van der Waals surface area contributed by atoms with Gasteiger partial charge in [0.2, 0.25) is 5.43 Å². The molecule has 0 aliphatic rings. The number of anilines is 1. The van der Waals surface area contributed by atoms with Crippen molar-refractivity contribution in [3.63, 3.8) is 0 Å². The second-order valence-corrected chi connectivity index (χ2v) is 5.93. The number of nitrogens with zero attached hydrogens (tertiary/aromatic N) is 2. The molecule has 26 heavy (non-hydrogen) atoms. The van der Waals surface area contributed by atoms with Crippen LogP contribution in [0.3, 0.4) is 0 Å². The summed E-state index contributed by atoms with van der Waals surface area (Å²) in [4.78, 5) is 36.7. The van der Waals surface area contributed by atoms with Crippen molar-refractivity contribution in [2.45, 2.75) is 0 Å². The highest BCUT2D eigenvalue weighted by Crippen LogP contribution is 2.17. The molecule has 7 nitrogen and oxygen atoms in total. The molecule has 0 saturated heterocycles. The number of fused-ring (bicyclic) bond motifs is 1. The van der Waals surface area contributed by atoms with Crippen LogP contribution in [-0.4, -0.2) is 28.8 Å². The summed E-state index contributed by atoms with van der Waals surface area (Å²) in [6.45, 7) is 0. The van der Waals surface area contributed by atoms with Gasteiger partial charge >= 0.3 is 5.97 Å². The Hall–Kier alpha value is -3.19. The number of hydrogen-bond donors (Lipinski definition) is 1. The first-order valence-electron chi connectivity index (χ1n) is 7.57. The zero-order valence-corrected chi connectivity index (χ0v) is 14.7. The number of benzene rings is 2. The first-order valence-corrected chi connectivity index (χ1v) is 7.95. The highest BCUT2D eigenvalue weighted by molar-refractivity contribution is 6.31. The number of hydrogen-bond acceptors (Lipinski definition) is 5. The number of carbonyl (C=O) groups is 2. The van der Waals surface area contributed by atoms with Crippen molar-refractivity contribution < 1.29 is 14.3 Å². The second kappa shape index (κ2) is 6.97. The van der Waals surface area contributed by atoms with E-state index in [9.17, 15) is 14.4 Å². The lowest BCUT2D eigenvalue weighted by Crippen LogP contribution is -2.26. The molecule has 0 saturated carbocycles. The number of aryl methyl sites for hydroxylation is 1. The fourth-order valence-corrected chi connectivity index (χ4v) is 2.70. The van der Waals surface area contributed by atoms with E-state index in [1.165, 1.54) is 23.9 Å². The van der Waals surface area contributed by atoms with E-state index in [0.29, 0.717) is 21.6 Å². The molecule has 8 heteroatoms. The van der Waals surface area contributed by atoms with Gasteiger partial charge in [-0.3, -0.25) is 14.3 Å². The molecular weight excluding hydrogens is 358 g/mol. The monoisotopic (exact) mass is 371 g/mol. The Balaban J connectivity index is 2.00. The number of rotatable bonds is 3. The summed E-state index contributed by atoms with van der Waals surface area (Å²) in [7, 11) is 2.89. The van der Waals surface area contributed by atoms with Gasteiger partial charge in [0.25, 0.3) is 5.91 Å². The number of esters is 1. The number of nitrogens with one attached hydrogen (secondary N) is 1. The van der Waals surface area contributed by atoms with Crippen molar-refractivity contribution in [3.05, 3.63) is 69.0 Å². The number of halogens is 1. The Bertz CT molecular complexity index is 1090. The van der Waals surface area contributed by atoms with Crippen LogP contribution in [-0.2, 0) is 11.8 Å². The van der Waals surface area contributed by atoms with Gasteiger partial charge in [0, 0.05) is 17.8 Å². The first kappa shape index (κ1) is 17.6. The van der Waals surface area contributed by atoms with E-state index in [1.54, 1.807) is 37.4 Å². The number of methoxy groups -OCH3 is 1. The lowest BCUT2D eigenvalue weighted by atomic mass is 10.1. The van der Waals surface area contributed by atoms with Gasteiger partial charge in [-0.2, -0.15) is 5.10 Å². The highest BCUT2D eigenvalue weighted by atomic mass is 35.5. The Labute approximate surface area is 153 Å². The van der Waals surface area contributed by atoms with Gasteiger partial charge in [-0.05, 0) is 36.4 Å². The molecule has 0 bridgehead atoms. The van der Waals surface area contributed by atoms with E-state index in [-0.39, 0.29) is 11.3 Å². The lowest BCUT2D eigenvalue weighted by molar-refractivity contribution is 0.0600. The van der Waals surface area contributed by atoms with Crippen molar-refractivity contribution in [2.24, 2.45) is 7.05 Å². The van der Waals surface area contributed by atoms with Crippen LogP contribution in [0.2, 0.25) is 5.02 Å². The Morgan fingerprint density at radius 1 is 1.19 bits per heavy atom. The van der Waals surface area contributed by atoms with Crippen LogP contribution in [0, 0.1) is 0 Å². The molecule has 3 rings (SSSR count). The predicted octanol–water partition coefficient (Wildman–Crippen LogP) is 2.63. The molecule has 0 spiro atoms. The van der Waals surface area contributed by atoms with E-state index >= 15 is 0 Å². The van der Waals surface area contributed by atoms with Crippen LogP contribution in [0.5, 0.6) is 0 Å². The molecule has 2 aromatic carbocycles. The largest absolute Gasteiger partial charge is 0.465 e. The van der Waals surface area contributed by atoms with Crippen LogP contribution in [0.1, 0.15) is 20.8 Å². The van der Waals surface area contributed by atoms with E-state index in [4.69, 9.17) is 11.6 Å². The molecule has 1 amide bonds. The molecule has 1 N–H and O–H groups in total. The third kappa shape index (κ3) is 3.29. The van der Waals surface area contributed by atoms with E-state index in [1.807, 2.05) is 0 Å². The number of amides is 1. The maximum absolute atomic E-state index is 12.6. The number of aromatic nitrogens is 2. The maximum atomic E-state index is 12.6. The quantitative estimate of drug-likeness (QED) is 0.715. The maximum Gasteiger partial charge on any atom is 0.337 e. The fourth-order valence-electron chi connectivity index (χ4n) is 2.53. The molecule has 3 aromatic rings. The van der Waals surface area contributed by atoms with Crippen molar-refractivity contribution in [2.75, 3.05) is 12.4 Å². The molecule has 0 aliphatic carbocycles. The Kier molecular flexibility index (Phi) is 4.73. The molecule has 0 aliphatic heterocycles. The van der Waals surface area contributed by atoms with Gasteiger partial charge in [0.1, 0.15) is 0 Å². The van der Waals surface area contributed by atoms with Gasteiger partial charge in [-0.25, -0.2) is 4.79 Å². The molecule has 0 fully saturated rings. The zero-order chi connectivity index (χ0) is 18.8. The summed E-state index contributed by atoms with van der Waals surface area (Å²) in [6, 6.07) is 11.0. The summed E-state index contributed by atoms with van der Waals surface area (Å²) in [5, 5.41) is 7.31. The molecule has 0 radical (unpaired) electrons. The first-order chi connectivity index (χ1) is 12.4. The Morgan fingerprint density at radius 3 is 2.69 bits per heavy atom. The third-order valence-electron chi connectivity index (χ3n) is 3.77. The Morgan fingerprint density at radius 2 is 1.96 bits per heavy atom. The minimum Gasteiger partial charge on any atom is -0.465 e. The fraction of sp³-hybridized carbons (Fsp3) is 0.111. The molecule has 0 atom stereocenters. The summed E-state index contributed by atoms with van der Waals surface area (Å²) in [6.07, 6.45) is 0. The lowest BCUT2D eigenvalue weighted by Gasteiger charge is -2.09. The summed E-state index contributed by atoms with van der Waals surface area (Å²) in [5.41, 5.74) is 0.376. The van der Waals surface area contributed by atoms with Gasteiger partial charge < -0.3 is 10.1 Å². The average molecular weight is 372 g/mol. The zero-order valence-electron chi connectivity index (χ0n) is 13.9. The SMILES string of the molecule is COC(=O)c1cccc(NC(=O)c2nn(C)c3ccc(Cl)cc3c2=O)c1. The average Bonchev–Trinajstić information content (AvgIpc) is 2.64. The van der Waals surface area contributed by atoms with E-state index < -0.39 is 17.3 Å².